The smallest absolute Gasteiger partial charge is 0.146 e. The highest BCUT2D eigenvalue weighted by Crippen LogP contribution is 2.07. The quantitative estimate of drug-likeness (QED) is 0.272. The lowest BCUT2D eigenvalue weighted by Gasteiger charge is -2.07. The van der Waals surface area contributed by atoms with E-state index < -0.39 is 0 Å². The molecule has 154 valence electrons. The fourth-order valence-corrected chi connectivity index (χ4v) is 1.57. The van der Waals surface area contributed by atoms with Crippen molar-refractivity contribution in [2.24, 2.45) is 10.7 Å². The minimum Gasteiger partial charge on any atom is -0.388 e. The fraction of sp³-hybridized carbons (Fsp3) is 0.636. The van der Waals surface area contributed by atoms with Gasteiger partial charge in [0.1, 0.15) is 5.78 Å². The summed E-state index contributed by atoms with van der Waals surface area (Å²) in [5, 5.41) is 2.90. The van der Waals surface area contributed by atoms with Crippen molar-refractivity contribution in [2.75, 3.05) is 13.6 Å². The van der Waals surface area contributed by atoms with Crippen LogP contribution in [0.25, 0.3) is 0 Å². The van der Waals surface area contributed by atoms with Gasteiger partial charge >= 0.3 is 0 Å². The van der Waals surface area contributed by atoms with Gasteiger partial charge in [-0.1, -0.05) is 57.1 Å². The van der Waals surface area contributed by atoms with Gasteiger partial charge in [0.05, 0.1) is 18.4 Å². The normalized spacial score (nSPS) is 12.3. The van der Waals surface area contributed by atoms with E-state index in [0.29, 0.717) is 12.4 Å². The largest absolute Gasteiger partial charge is 0.388 e. The number of amidine groups is 1. The predicted octanol–water partition coefficient (Wildman–Crippen LogP) is 5.46. The molecule has 0 saturated carbocycles. The molecule has 0 saturated heterocycles. The molecule has 26 heavy (non-hydrogen) atoms. The molecule has 0 aliphatic heterocycles. The number of nitrogens with zero attached hydrogens (tertiary/aromatic N) is 1. The topological polar surface area (TPSA) is 67.5 Å². The summed E-state index contributed by atoms with van der Waals surface area (Å²) in [5.74, 6) is 0.829. The van der Waals surface area contributed by atoms with Crippen LogP contribution in [0.4, 0.5) is 0 Å². The van der Waals surface area contributed by atoms with Gasteiger partial charge in [-0.25, -0.2) is 0 Å². The Balaban J connectivity index is -0.000000134. The Bertz CT molecular complexity index is 413. The van der Waals surface area contributed by atoms with Crippen molar-refractivity contribution >= 4 is 11.6 Å². The van der Waals surface area contributed by atoms with Gasteiger partial charge in [0.15, 0.2) is 0 Å². The lowest BCUT2D eigenvalue weighted by atomic mass is 10.1. The summed E-state index contributed by atoms with van der Waals surface area (Å²) in [7, 11) is 1.80. The maximum atomic E-state index is 10.5. The molecule has 0 spiro atoms. The van der Waals surface area contributed by atoms with Crippen LogP contribution in [-0.4, -0.2) is 31.3 Å². The Hall–Kier alpha value is -1.68. The van der Waals surface area contributed by atoms with Gasteiger partial charge in [-0.15, -0.1) is 6.58 Å². The Morgan fingerprint density at radius 2 is 1.69 bits per heavy atom. The van der Waals surface area contributed by atoms with Crippen LogP contribution in [-0.2, 0) is 4.79 Å². The maximum absolute atomic E-state index is 10.5. The molecule has 0 amide bonds. The number of rotatable bonds is 7. The minimum absolute atomic E-state index is 0.0648. The summed E-state index contributed by atoms with van der Waals surface area (Å²) in [6, 6.07) is 0.0648. The average molecular weight is 368 g/mol. The van der Waals surface area contributed by atoms with Crippen LogP contribution in [0.15, 0.2) is 40.9 Å². The molecule has 0 aromatic carbocycles. The number of likely N-dealkylation sites (N-methyl/N-ethyl adjacent to an activating group) is 1. The Labute approximate surface area is 163 Å². The second-order valence-corrected chi connectivity index (χ2v) is 5.45. The van der Waals surface area contributed by atoms with E-state index in [1.165, 1.54) is 11.1 Å². The highest BCUT2D eigenvalue weighted by molar-refractivity contribution is 5.81. The van der Waals surface area contributed by atoms with Crippen LogP contribution >= 0.6 is 0 Å². The molecule has 0 aromatic rings. The zero-order chi connectivity index (χ0) is 21.5. The first kappa shape index (κ1) is 32.0. The van der Waals surface area contributed by atoms with Crippen molar-refractivity contribution < 1.29 is 4.79 Å². The third-order valence-electron chi connectivity index (χ3n) is 3.34. The second-order valence-electron chi connectivity index (χ2n) is 5.45. The van der Waals surface area contributed by atoms with Gasteiger partial charge in [-0.3, -0.25) is 9.79 Å². The van der Waals surface area contributed by atoms with Gasteiger partial charge in [-0.2, -0.15) is 0 Å². The fourth-order valence-electron chi connectivity index (χ4n) is 1.57. The lowest BCUT2D eigenvalue weighted by Crippen LogP contribution is -2.31. The number of ketones is 1. The number of carbonyl (C=O) groups is 1. The van der Waals surface area contributed by atoms with Crippen molar-refractivity contribution in [1.29, 1.82) is 0 Å². The van der Waals surface area contributed by atoms with Crippen LogP contribution in [0, 0.1) is 0 Å². The SMILES string of the molecule is C/C=C\C(C)=C(\C)CC.C=CCN=C(C)N.CC.CC[C@H](NC)C(C)=O. The van der Waals surface area contributed by atoms with E-state index >= 15 is 0 Å². The minimum atomic E-state index is 0.0648. The molecule has 4 nitrogen and oxygen atoms in total. The highest BCUT2D eigenvalue weighted by Gasteiger charge is 2.05. The molecule has 0 radical (unpaired) electrons. The van der Waals surface area contributed by atoms with Crippen molar-refractivity contribution in [3.63, 3.8) is 0 Å². The molecular formula is C22H45N3O. The van der Waals surface area contributed by atoms with Crippen LogP contribution in [0.5, 0.6) is 0 Å². The number of Topliss-reactive ketones (excluding diaryl/α,β-unsaturated/α-hetero) is 1. The van der Waals surface area contributed by atoms with E-state index in [2.05, 4.69) is 49.8 Å². The Morgan fingerprint density at radius 1 is 1.19 bits per heavy atom. The average Bonchev–Trinajstić information content (AvgIpc) is 2.63. The van der Waals surface area contributed by atoms with Crippen LogP contribution < -0.4 is 11.1 Å². The molecule has 0 heterocycles. The summed E-state index contributed by atoms with van der Waals surface area (Å²) < 4.78 is 0. The molecule has 4 heteroatoms. The summed E-state index contributed by atoms with van der Waals surface area (Å²) in [6.45, 7) is 22.0. The first-order chi connectivity index (χ1) is 12.2. The van der Waals surface area contributed by atoms with Gasteiger partial charge in [-0.05, 0) is 54.5 Å². The molecule has 0 unspecified atom stereocenters. The summed E-state index contributed by atoms with van der Waals surface area (Å²) in [4.78, 5) is 14.4. The van der Waals surface area contributed by atoms with Crippen LogP contribution in [0.1, 0.15) is 75.2 Å². The van der Waals surface area contributed by atoms with Crippen molar-refractivity contribution in [1.82, 2.24) is 5.32 Å². The third-order valence-corrected chi connectivity index (χ3v) is 3.34. The van der Waals surface area contributed by atoms with Gasteiger partial charge < -0.3 is 11.1 Å². The second kappa shape index (κ2) is 25.6. The maximum Gasteiger partial charge on any atom is 0.146 e. The molecule has 3 N–H and O–H groups in total. The van der Waals surface area contributed by atoms with Crippen molar-refractivity contribution in [3.8, 4) is 0 Å². The number of nitrogens with two attached hydrogens (primary N) is 1. The molecule has 0 rings (SSSR count). The van der Waals surface area contributed by atoms with Crippen LogP contribution in [0.3, 0.4) is 0 Å². The number of hydrogen-bond acceptors (Lipinski definition) is 3. The van der Waals surface area contributed by atoms with Crippen molar-refractivity contribution in [2.45, 2.75) is 81.2 Å². The highest BCUT2D eigenvalue weighted by atomic mass is 16.1. The van der Waals surface area contributed by atoms with E-state index in [1.807, 2.05) is 27.7 Å². The molecule has 0 aromatic heterocycles. The first-order valence-electron chi connectivity index (χ1n) is 9.55. The van der Waals surface area contributed by atoms with E-state index in [0.717, 1.165) is 12.8 Å². The van der Waals surface area contributed by atoms with E-state index in [4.69, 9.17) is 5.73 Å². The number of allylic oxidation sites excluding steroid dienone is 4. The first-order valence-corrected chi connectivity index (χ1v) is 9.55. The number of carbonyl (C=O) groups excluding carboxylic acids is 1. The predicted molar refractivity (Wildman–Crippen MR) is 121 cm³/mol. The summed E-state index contributed by atoms with van der Waals surface area (Å²) >= 11 is 0. The van der Waals surface area contributed by atoms with Crippen molar-refractivity contribution in [3.05, 3.63) is 36.0 Å². The third kappa shape index (κ3) is 27.2. The number of nitrogens with one attached hydrogen (secondary N) is 1. The van der Waals surface area contributed by atoms with E-state index in [1.54, 1.807) is 27.0 Å². The number of aliphatic imine (C=N–C) groups is 1. The van der Waals surface area contributed by atoms with E-state index in [-0.39, 0.29) is 11.8 Å². The Morgan fingerprint density at radius 3 is 1.85 bits per heavy atom. The molecule has 0 fully saturated rings. The monoisotopic (exact) mass is 367 g/mol. The molecular weight excluding hydrogens is 322 g/mol. The Kier molecular flexibility index (Phi) is 31.5. The zero-order valence-corrected chi connectivity index (χ0v) is 19.1. The van der Waals surface area contributed by atoms with Gasteiger partial charge in [0.25, 0.3) is 0 Å². The standard InChI is InChI=1S/C9H16.C6H13NO.C5H10N2.C2H6/c1-5-7-9(4)8(3)6-2;1-4-6(7-3)5(2)8;1-3-4-7-5(2)6;1-2/h5,7H,6H2,1-4H3;6-7H,4H2,1-3H3;3H,1,4H2,2H3,(H2,6,7);1-2H3/b7-5-,9-8-;;;/t;6-;;/m.0../s1. The zero-order valence-electron chi connectivity index (χ0n) is 19.1. The van der Waals surface area contributed by atoms with Crippen LogP contribution in [0.2, 0.25) is 0 Å². The lowest BCUT2D eigenvalue weighted by molar-refractivity contribution is -0.118. The van der Waals surface area contributed by atoms with Gasteiger partial charge in [0.2, 0.25) is 0 Å². The molecule has 1 atom stereocenters. The summed E-state index contributed by atoms with van der Waals surface area (Å²) in [5.41, 5.74) is 8.06. The molecule has 0 aliphatic carbocycles. The molecule has 0 aliphatic rings. The summed E-state index contributed by atoms with van der Waals surface area (Å²) in [6.07, 6.45) is 7.98. The van der Waals surface area contributed by atoms with E-state index in [9.17, 15) is 4.79 Å². The molecule has 0 bridgehead atoms. The van der Waals surface area contributed by atoms with Gasteiger partial charge in [0, 0.05) is 0 Å². The number of hydrogen-bond donors (Lipinski definition) is 2.